The monoisotopic (exact) mass is 407 g/mol. The summed E-state index contributed by atoms with van der Waals surface area (Å²) in [7, 11) is -1.92. The Morgan fingerprint density at radius 3 is 2.71 bits per heavy atom. The third-order valence-electron chi connectivity index (χ3n) is 3.09. The van der Waals surface area contributed by atoms with Crippen LogP contribution in [0.3, 0.4) is 0 Å². The lowest BCUT2D eigenvalue weighted by Crippen LogP contribution is -2.29. The van der Waals surface area contributed by atoms with E-state index in [0.717, 1.165) is 5.56 Å². The van der Waals surface area contributed by atoms with E-state index in [-0.39, 0.29) is 10.8 Å². The van der Waals surface area contributed by atoms with Crippen molar-refractivity contribution in [2.75, 3.05) is 13.6 Å². The molecule has 2 aromatic rings. The number of nitrogens with zero attached hydrogens (tertiary/aromatic N) is 1. The Kier molecular flexibility index (Phi) is 5.85. The molecule has 0 aliphatic carbocycles. The predicted molar refractivity (Wildman–Crippen MR) is 91.5 cm³/mol. The first-order valence-corrected chi connectivity index (χ1v) is 9.93. The van der Waals surface area contributed by atoms with Gasteiger partial charge < -0.3 is 0 Å². The molecule has 7 heteroatoms. The maximum absolute atomic E-state index is 12.6. The average molecular weight is 409 g/mol. The molecule has 0 saturated carbocycles. The maximum atomic E-state index is 12.6. The van der Waals surface area contributed by atoms with Gasteiger partial charge in [-0.15, -0.1) is 22.9 Å². The van der Waals surface area contributed by atoms with Gasteiger partial charge in [0.05, 0.1) is 4.90 Å². The Morgan fingerprint density at radius 2 is 2.10 bits per heavy atom. The topological polar surface area (TPSA) is 37.4 Å². The standard InChI is InChI=1S/C14H15BrClNO2S2/c1-17(7-6-12-3-2-8-20-12)21(18,19)14-9-11(10-16)4-5-13(14)15/h2-5,8-9H,6-7,10H2,1H3. The molecule has 1 heterocycles. The third-order valence-corrected chi connectivity index (χ3v) is 7.19. The minimum atomic E-state index is -3.52. The normalized spacial score (nSPS) is 12.0. The highest BCUT2D eigenvalue weighted by atomic mass is 79.9. The number of benzene rings is 1. The minimum Gasteiger partial charge on any atom is -0.207 e. The Hall–Kier alpha value is -0.400. The van der Waals surface area contributed by atoms with Gasteiger partial charge in [0.25, 0.3) is 0 Å². The van der Waals surface area contributed by atoms with E-state index in [1.165, 1.54) is 9.18 Å². The Labute approximate surface area is 142 Å². The quantitative estimate of drug-likeness (QED) is 0.674. The van der Waals surface area contributed by atoms with Crippen molar-refractivity contribution < 1.29 is 8.42 Å². The van der Waals surface area contributed by atoms with Gasteiger partial charge in [-0.3, -0.25) is 0 Å². The van der Waals surface area contributed by atoms with E-state index in [1.807, 2.05) is 23.6 Å². The fourth-order valence-corrected chi connectivity index (χ4v) is 4.85. The van der Waals surface area contributed by atoms with E-state index in [1.54, 1.807) is 30.5 Å². The molecule has 0 fully saturated rings. The molecular formula is C14H15BrClNO2S2. The van der Waals surface area contributed by atoms with Crippen LogP contribution in [0.1, 0.15) is 10.4 Å². The van der Waals surface area contributed by atoms with Gasteiger partial charge in [-0.2, -0.15) is 0 Å². The summed E-state index contributed by atoms with van der Waals surface area (Å²) >= 11 is 10.7. The summed E-state index contributed by atoms with van der Waals surface area (Å²) in [6, 6.07) is 9.12. The molecule has 0 unspecified atom stereocenters. The van der Waals surface area contributed by atoms with Crippen molar-refractivity contribution in [3.05, 3.63) is 50.6 Å². The van der Waals surface area contributed by atoms with Gasteiger partial charge in [-0.05, 0) is 51.5 Å². The van der Waals surface area contributed by atoms with Crippen molar-refractivity contribution in [1.29, 1.82) is 0 Å². The first-order valence-electron chi connectivity index (χ1n) is 6.28. The van der Waals surface area contributed by atoms with Gasteiger partial charge in [-0.25, -0.2) is 12.7 Å². The second-order valence-electron chi connectivity index (χ2n) is 4.55. The van der Waals surface area contributed by atoms with E-state index >= 15 is 0 Å². The van der Waals surface area contributed by atoms with Crippen LogP contribution < -0.4 is 0 Å². The molecule has 0 saturated heterocycles. The zero-order chi connectivity index (χ0) is 15.5. The van der Waals surface area contributed by atoms with E-state index in [4.69, 9.17) is 11.6 Å². The number of hydrogen-bond donors (Lipinski definition) is 0. The summed E-state index contributed by atoms with van der Waals surface area (Å²) in [6.45, 7) is 0.445. The Bertz CT molecular complexity index is 702. The SMILES string of the molecule is CN(CCc1cccs1)S(=O)(=O)c1cc(CCl)ccc1Br. The number of hydrogen-bond acceptors (Lipinski definition) is 3. The van der Waals surface area contributed by atoms with Gasteiger partial charge >= 0.3 is 0 Å². The number of sulfonamides is 1. The molecule has 1 aromatic carbocycles. The molecule has 0 spiro atoms. The predicted octanol–water partition coefficient (Wildman–Crippen LogP) is 4.11. The molecule has 0 atom stereocenters. The highest BCUT2D eigenvalue weighted by Gasteiger charge is 2.23. The molecule has 0 radical (unpaired) electrons. The van der Waals surface area contributed by atoms with Crippen LogP contribution in [-0.2, 0) is 22.3 Å². The molecule has 21 heavy (non-hydrogen) atoms. The van der Waals surface area contributed by atoms with Crippen molar-refractivity contribution >= 4 is 48.9 Å². The molecule has 0 N–H and O–H groups in total. The summed E-state index contributed by atoms with van der Waals surface area (Å²) in [5, 5.41) is 1.99. The number of rotatable bonds is 6. The lowest BCUT2D eigenvalue weighted by atomic mass is 10.2. The van der Waals surface area contributed by atoms with Crippen LogP contribution >= 0.6 is 38.9 Å². The summed E-state index contributed by atoms with van der Waals surface area (Å²) < 4.78 is 27.2. The van der Waals surface area contributed by atoms with Crippen molar-refractivity contribution in [3.8, 4) is 0 Å². The van der Waals surface area contributed by atoms with E-state index in [0.29, 0.717) is 17.4 Å². The minimum absolute atomic E-state index is 0.259. The van der Waals surface area contributed by atoms with Crippen LogP contribution in [0.4, 0.5) is 0 Å². The fraction of sp³-hybridized carbons (Fsp3) is 0.286. The second kappa shape index (κ2) is 7.24. The zero-order valence-electron chi connectivity index (χ0n) is 11.4. The lowest BCUT2D eigenvalue weighted by Gasteiger charge is -2.18. The summed E-state index contributed by atoms with van der Waals surface area (Å²) in [5.41, 5.74) is 0.782. The highest BCUT2D eigenvalue weighted by Crippen LogP contribution is 2.26. The lowest BCUT2D eigenvalue weighted by molar-refractivity contribution is 0.473. The van der Waals surface area contributed by atoms with E-state index < -0.39 is 10.0 Å². The molecule has 0 amide bonds. The van der Waals surface area contributed by atoms with E-state index in [9.17, 15) is 8.42 Å². The molecule has 0 aliphatic heterocycles. The maximum Gasteiger partial charge on any atom is 0.243 e. The smallest absolute Gasteiger partial charge is 0.207 e. The first kappa shape index (κ1) is 17.0. The zero-order valence-corrected chi connectivity index (χ0v) is 15.4. The largest absolute Gasteiger partial charge is 0.243 e. The number of halogens is 2. The summed E-state index contributed by atoms with van der Waals surface area (Å²) in [4.78, 5) is 1.43. The molecule has 114 valence electrons. The van der Waals surface area contributed by atoms with Crippen molar-refractivity contribution in [3.63, 3.8) is 0 Å². The molecule has 0 bridgehead atoms. The van der Waals surface area contributed by atoms with Crippen molar-refractivity contribution in [2.24, 2.45) is 0 Å². The Balaban J connectivity index is 2.20. The number of alkyl halides is 1. The van der Waals surface area contributed by atoms with Crippen LogP contribution in [0.5, 0.6) is 0 Å². The summed E-state index contributed by atoms with van der Waals surface area (Å²) in [6.07, 6.45) is 0.709. The Morgan fingerprint density at radius 1 is 1.33 bits per heavy atom. The van der Waals surface area contributed by atoms with Crippen LogP contribution in [0.15, 0.2) is 45.1 Å². The van der Waals surface area contributed by atoms with Crippen molar-refractivity contribution in [2.45, 2.75) is 17.2 Å². The molecule has 1 aromatic heterocycles. The first-order chi connectivity index (χ1) is 9.95. The highest BCUT2D eigenvalue weighted by molar-refractivity contribution is 9.10. The van der Waals surface area contributed by atoms with Gasteiger partial charge in [0, 0.05) is 28.8 Å². The fourth-order valence-electron chi connectivity index (χ4n) is 1.84. The van der Waals surface area contributed by atoms with Gasteiger partial charge in [0.15, 0.2) is 0 Å². The van der Waals surface area contributed by atoms with Gasteiger partial charge in [-0.1, -0.05) is 12.1 Å². The molecule has 2 rings (SSSR count). The van der Waals surface area contributed by atoms with E-state index in [2.05, 4.69) is 15.9 Å². The van der Waals surface area contributed by atoms with Crippen molar-refractivity contribution in [1.82, 2.24) is 4.31 Å². The van der Waals surface area contributed by atoms with Gasteiger partial charge in [0.1, 0.15) is 0 Å². The van der Waals surface area contributed by atoms with Gasteiger partial charge in [0.2, 0.25) is 10.0 Å². The van der Waals surface area contributed by atoms with Crippen LogP contribution in [0.2, 0.25) is 0 Å². The van der Waals surface area contributed by atoms with Crippen LogP contribution in [0.25, 0.3) is 0 Å². The molecule has 0 aliphatic rings. The average Bonchev–Trinajstić information content (AvgIpc) is 2.98. The number of thiophene rings is 1. The summed E-state index contributed by atoms with van der Waals surface area (Å²) in [5.74, 6) is 0.286. The third kappa shape index (κ3) is 4.07. The van der Waals surface area contributed by atoms with Crippen LogP contribution in [-0.4, -0.2) is 26.3 Å². The van der Waals surface area contributed by atoms with Crippen LogP contribution in [0, 0.1) is 0 Å². The second-order valence-corrected chi connectivity index (χ2v) is 8.72. The number of likely N-dealkylation sites (N-methyl/N-ethyl adjacent to an activating group) is 1. The molecular weight excluding hydrogens is 394 g/mol. The molecule has 3 nitrogen and oxygen atoms in total.